The highest BCUT2D eigenvalue weighted by Gasteiger charge is 2.29. The van der Waals surface area contributed by atoms with Gasteiger partial charge in [0.05, 0.1) is 3.79 Å². The van der Waals surface area contributed by atoms with E-state index in [0.29, 0.717) is 18.1 Å². The van der Waals surface area contributed by atoms with Crippen LogP contribution in [0.15, 0.2) is 15.9 Å². The van der Waals surface area contributed by atoms with E-state index in [-0.39, 0.29) is 0 Å². The Balaban J connectivity index is 1.98. The molecule has 1 aromatic rings. The first-order chi connectivity index (χ1) is 5.75. The third kappa shape index (κ3) is 1.96. The Hall–Kier alpha value is -0.150. The predicted octanol–water partition coefficient (Wildman–Crippen LogP) is 3.03. The number of halogens is 1. The molecular formula is C9H9BrOS. The molecule has 12 heavy (non-hydrogen) atoms. The summed E-state index contributed by atoms with van der Waals surface area (Å²) in [5.74, 6) is 0.815. The first kappa shape index (κ1) is 8.45. The van der Waals surface area contributed by atoms with Crippen LogP contribution in [-0.2, 0) is 11.2 Å². The largest absolute Gasteiger partial charge is 0.299 e. The smallest absolute Gasteiger partial charge is 0.141 e. The molecule has 0 aliphatic heterocycles. The highest BCUT2D eigenvalue weighted by atomic mass is 79.9. The van der Waals surface area contributed by atoms with Gasteiger partial charge in [0.15, 0.2) is 0 Å². The molecule has 1 fully saturated rings. The van der Waals surface area contributed by atoms with Crippen LogP contribution >= 0.6 is 27.3 Å². The average Bonchev–Trinajstić information content (AvgIpc) is 2.78. The summed E-state index contributed by atoms with van der Waals surface area (Å²) in [4.78, 5) is 12.6. The van der Waals surface area contributed by atoms with Gasteiger partial charge in [-0.2, -0.15) is 0 Å². The van der Waals surface area contributed by atoms with Gasteiger partial charge in [-0.1, -0.05) is 0 Å². The molecule has 0 amide bonds. The van der Waals surface area contributed by atoms with E-state index < -0.39 is 0 Å². The summed E-state index contributed by atoms with van der Waals surface area (Å²) in [6, 6.07) is 4.02. The van der Waals surface area contributed by atoms with E-state index in [1.165, 1.54) is 4.88 Å². The standard InChI is InChI=1S/C9H9BrOS/c10-9-4-3-7(12-9)5-8(11)6-1-2-6/h3-4,6H,1-2,5H2. The van der Waals surface area contributed by atoms with Crippen LogP contribution in [0.25, 0.3) is 0 Å². The lowest BCUT2D eigenvalue weighted by molar-refractivity contribution is -0.119. The Morgan fingerprint density at radius 3 is 2.83 bits per heavy atom. The summed E-state index contributed by atoms with van der Waals surface area (Å²) in [6.45, 7) is 0. The molecule has 1 aliphatic rings. The lowest BCUT2D eigenvalue weighted by atomic mass is 10.2. The minimum Gasteiger partial charge on any atom is -0.299 e. The van der Waals surface area contributed by atoms with Gasteiger partial charge in [0.1, 0.15) is 5.78 Å². The van der Waals surface area contributed by atoms with Crippen LogP contribution in [0.3, 0.4) is 0 Å². The zero-order valence-electron chi connectivity index (χ0n) is 6.55. The first-order valence-electron chi connectivity index (χ1n) is 4.02. The van der Waals surface area contributed by atoms with E-state index in [1.54, 1.807) is 11.3 Å². The zero-order valence-corrected chi connectivity index (χ0v) is 8.95. The van der Waals surface area contributed by atoms with Crippen molar-refractivity contribution in [3.05, 3.63) is 20.8 Å². The van der Waals surface area contributed by atoms with E-state index in [2.05, 4.69) is 15.9 Å². The molecule has 1 aromatic heterocycles. The van der Waals surface area contributed by atoms with E-state index in [0.717, 1.165) is 16.6 Å². The van der Waals surface area contributed by atoms with Crippen LogP contribution in [0.5, 0.6) is 0 Å². The molecule has 0 N–H and O–H groups in total. The first-order valence-corrected chi connectivity index (χ1v) is 5.63. The van der Waals surface area contributed by atoms with Crippen molar-refractivity contribution < 1.29 is 4.79 Å². The van der Waals surface area contributed by atoms with E-state index in [9.17, 15) is 4.79 Å². The van der Waals surface area contributed by atoms with E-state index >= 15 is 0 Å². The Bertz CT molecular complexity index is 301. The fraction of sp³-hybridized carbons (Fsp3) is 0.444. The fourth-order valence-electron chi connectivity index (χ4n) is 1.17. The number of carbonyl (C=O) groups is 1. The SMILES string of the molecule is O=C(Cc1ccc(Br)s1)C1CC1. The lowest BCUT2D eigenvalue weighted by Gasteiger charge is -1.93. The molecule has 64 valence electrons. The van der Waals surface area contributed by atoms with Gasteiger partial charge in [0.2, 0.25) is 0 Å². The minimum atomic E-state index is 0.394. The summed E-state index contributed by atoms with van der Waals surface area (Å²) < 4.78 is 1.11. The Labute approximate surface area is 83.9 Å². The van der Waals surface area contributed by atoms with Crippen molar-refractivity contribution in [1.82, 2.24) is 0 Å². The molecular weight excluding hydrogens is 236 g/mol. The maximum atomic E-state index is 11.4. The molecule has 1 saturated carbocycles. The zero-order chi connectivity index (χ0) is 8.55. The van der Waals surface area contributed by atoms with E-state index in [1.807, 2.05) is 12.1 Å². The molecule has 0 saturated heterocycles. The number of ketones is 1. The van der Waals surface area contributed by atoms with E-state index in [4.69, 9.17) is 0 Å². The molecule has 0 spiro atoms. The molecule has 0 radical (unpaired) electrons. The number of rotatable bonds is 3. The highest BCUT2D eigenvalue weighted by molar-refractivity contribution is 9.11. The normalized spacial score (nSPS) is 16.4. The molecule has 0 aromatic carbocycles. The maximum Gasteiger partial charge on any atom is 0.141 e. The third-order valence-electron chi connectivity index (χ3n) is 2.01. The molecule has 0 unspecified atom stereocenters. The lowest BCUT2D eigenvalue weighted by Crippen LogP contribution is -2.02. The maximum absolute atomic E-state index is 11.4. The second-order valence-electron chi connectivity index (χ2n) is 3.12. The summed E-state index contributed by atoms with van der Waals surface area (Å²) in [5, 5.41) is 0. The van der Waals surface area contributed by atoms with Crippen molar-refractivity contribution in [3.8, 4) is 0 Å². The number of hydrogen-bond donors (Lipinski definition) is 0. The minimum absolute atomic E-state index is 0.394. The van der Waals surface area contributed by atoms with Crippen molar-refractivity contribution in [2.45, 2.75) is 19.3 Å². The number of hydrogen-bond acceptors (Lipinski definition) is 2. The Kier molecular flexibility index (Phi) is 2.33. The van der Waals surface area contributed by atoms with Gasteiger partial charge in [-0.3, -0.25) is 4.79 Å². The second-order valence-corrected chi connectivity index (χ2v) is 5.67. The van der Waals surface area contributed by atoms with Crippen LogP contribution in [0.1, 0.15) is 17.7 Å². The number of thiophene rings is 1. The van der Waals surface area contributed by atoms with Crippen LogP contribution in [0.4, 0.5) is 0 Å². The van der Waals surface area contributed by atoms with Crippen molar-refractivity contribution in [2.24, 2.45) is 5.92 Å². The molecule has 0 bridgehead atoms. The Morgan fingerprint density at radius 1 is 1.58 bits per heavy atom. The highest BCUT2D eigenvalue weighted by Crippen LogP contribution is 2.32. The van der Waals surface area contributed by atoms with Crippen LogP contribution < -0.4 is 0 Å². The third-order valence-corrected chi connectivity index (χ3v) is 3.63. The average molecular weight is 245 g/mol. The molecule has 3 heteroatoms. The van der Waals surface area contributed by atoms with Crippen LogP contribution in [0, 0.1) is 5.92 Å². The van der Waals surface area contributed by atoms with Crippen molar-refractivity contribution in [2.75, 3.05) is 0 Å². The summed E-state index contributed by atoms with van der Waals surface area (Å²) in [6.07, 6.45) is 2.87. The van der Waals surface area contributed by atoms with Gasteiger partial charge in [0.25, 0.3) is 0 Å². The molecule has 1 heterocycles. The molecule has 1 nitrogen and oxygen atoms in total. The van der Waals surface area contributed by atoms with Crippen molar-refractivity contribution in [3.63, 3.8) is 0 Å². The summed E-state index contributed by atoms with van der Waals surface area (Å²) in [5.41, 5.74) is 0. The quantitative estimate of drug-likeness (QED) is 0.799. The monoisotopic (exact) mass is 244 g/mol. The summed E-state index contributed by atoms with van der Waals surface area (Å²) in [7, 11) is 0. The van der Waals surface area contributed by atoms with Crippen molar-refractivity contribution >= 4 is 33.0 Å². The van der Waals surface area contributed by atoms with Crippen molar-refractivity contribution in [1.29, 1.82) is 0 Å². The molecule has 0 atom stereocenters. The topological polar surface area (TPSA) is 17.1 Å². The van der Waals surface area contributed by atoms with Gasteiger partial charge >= 0.3 is 0 Å². The van der Waals surface area contributed by atoms with Gasteiger partial charge in [-0.25, -0.2) is 0 Å². The van der Waals surface area contributed by atoms with Crippen LogP contribution in [-0.4, -0.2) is 5.78 Å². The molecule has 1 aliphatic carbocycles. The van der Waals surface area contributed by atoms with Crippen LogP contribution in [0.2, 0.25) is 0 Å². The second kappa shape index (κ2) is 3.30. The van der Waals surface area contributed by atoms with Gasteiger partial charge < -0.3 is 0 Å². The summed E-state index contributed by atoms with van der Waals surface area (Å²) >= 11 is 5.04. The predicted molar refractivity (Wildman–Crippen MR) is 53.5 cm³/mol. The van der Waals surface area contributed by atoms with Gasteiger partial charge in [-0.15, -0.1) is 11.3 Å². The number of carbonyl (C=O) groups excluding carboxylic acids is 1. The van der Waals surface area contributed by atoms with Gasteiger partial charge in [0, 0.05) is 17.2 Å². The molecule has 2 rings (SSSR count). The Morgan fingerprint density at radius 2 is 2.33 bits per heavy atom. The fourth-order valence-corrected chi connectivity index (χ4v) is 2.66. The number of Topliss-reactive ketones (excluding diaryl/α,β-unsaturated/α-hetero) is 1. The van der Waals surface area contributed by atoms with Gasteiger partial charge in [-0.05, 0) is 40.9 Å².